The molecule has 11 heavy (non-hydrogen) atoms. The quantitative estimate of drug-likeness (QED) is 0.587. The third-order valence-corrected chi connectivity index (χ3v) is 3.00. The Morgan fingerprint density at radius 3 is 3.09 bits per heavy atom. The molecule has 2 heterocycles. The van der Waals surface area contributed by atoms with Gasteiger partial charge in [0.05, 0.1) is 0 Å². The molecule has 0 spiro atoms. The summed E-state index contributed by atoms with van der Waals surface area (Å²) in [6.45, 7) is 2.21. The molecule has 1 saturated heterocycles. The fourth-order valence-corrected chi connectivity index (χ4v) is 2.32. The Bertz CT molecular complexity index is 165. The van der Waals surface area contributed by atoms with Crippen molar-refractivity contribution in [3.8, 4) is 0 Å². The highest BCUT2D eigenvalue weighted by Gasteiger charge is 2.26. The molecule has 3 N–H and O–H groups in total. The third-order valence-electron chi connectivity index (χ3n) is 2.20. The average molecular weight is 171 g/mol. The van der Waals surface area contributed by atoms with Gasteiger partial charge in [0.1, 0.15) is 5.50 Å². The molecule has 0 amide bonds. The Morgan fingerprint density at radius 2 is 2.55 bits per heavy atom. The van der Waals surface area contributed by atoms with Gasteiger partial charge in [-0.05, 0) is 18.4 Å². The highest BCUT2D eigenvalue weighted by atomic mass is 32.2. The molecule has 2 unspecified atom stereocenters. The zero-order chi connectivity index (χ0) is 7.68. The molecule has 0 aromatic carbocycles. The molecular formula is C7H13N3S. The van der Waals surface area contributed by atoms with Crippen LogP contribution in [0, 0.1) is 0 Å². The number of nitrogens with one attached hydrogen (secondary N) is 1. The fourth-order valence-electron chi connectivity index (χ4n) is 1.56. The van der Waals surface area contributed by atoms with E-state index in [0.717, 1.165) is 13.1 Å². The van der Waals surface area contributed by atoms with E-state index in [4.69, 9.17) is 5.73 Å². The Labute approximate surface area is 71.0 Å². The largest absolute Gasteiger partial charge is 0.349 e. The molecule has 2 aliphatic heterocycles. The van der Waals surface area contributed by atoms with Gasteiger partial charge in [-0.2, -0.15) is 0 Å². The highest BCUT2D eigenvalue weighted by Crippen LogP contribution is 2.24. The van der Waals surface area contributed by atoms with Gasteiger partial charge < -0.3 is 16.0 Å². The van der Waals surface area contributed by atoms with E-state index in [1.54, 1.807) is 11.8 Å². The molecule has 0 aromatic heterocycles. The normalized spacial score (nSPS) is 37.0. The fraction of sp³-hybridized carbons (Fsp3) is 0.714. The van der Waals surface area contributed by atoms with Gasteiger partial charge in [-0.15, -0.1) is 0 Å². The summed E-state index contributed by atoms with van der Waals surface area (Å²) < 4.78 is 0. The van der Waals surface area contributed by atoms with Crippen LogP contribution in [0.1, 0.15) is 6.42 Å². The van der Waals surface area contributed by atoms with Gasteiger partial charge in [0.25, 0.3) is 0 Å². The monoisotopic (exact) mass is 171 g/mol. The molecule has 2 rings (SSSR count). The van der Waals surface area contributed by atoms with Crippen molar-refractivity contribution in [3.63, 3.8) is 0 Å². The van der Waals surface area contributed by atoms with Crippen molar-refractivity contribution in [2.45, 2.75) is 18.0 Å². The van der Waals surface area contributed by atoms with Crippen LogP contribution in [0.2, 0.25) is 0 Å². The first-order chi connectivity index (χ1) is 5.38. The minimum atomic E-state index is 0.153. The van der Waals surface area contributed by atoms with Crippen molar-refractivity contribution in [1.82, 2.24) is 10.2 Å². The van der Waals surface area contributed by atoms with Crippen LogP contribution in [0.3, 0.4) is 0 Å². The van der Waals surface area contributed by atoms with Gasteiger partial charge in [-0.3, -0.25) is 0 Å². The van der Waals surface area contributed by atoms with Gasteiger partial charge in [0.2, 0.25) is 0 Å². The Morgan fingerprint density at radius 1 is 1.64 bits per heavy atom. The molecule has 0 bridgehead atoms. The molecule has 0 radical (unpaired) electrons. The van der Waals surface area contributed by atoms with Gasteiger partial charge >= 0.3 is 0 Å². The third kappa shape index (κ3) is 1.38. The summed E-state index contributed by atoms with van der Waals surface area (Å²) in [5.41, 5.74) is 6.01. The second kappa shape index (κ2) is 3.05. The highest BCUT2D eigenvalue weighted by molar-refractivity contribution is 8.02. The van der Waals surface area contributed by atoms with E-state index in [0.29, 0.717) is 6.04 Å². The molecule has 1 fully saturated rings. The van der Waals surface area contributed by atoms with E-state index < -0.39 is 0 Å². The second-order valence-corrected chi connectivity index (χ2v) is 3.93. The second-order valence-electron chi connectivity index (χ2n) is 2.91. The van der Waals surface area contributed by atoms with E-state index in [-0.39, 0.29) is 5.50 Å². The number of hydrogen-bond acceptors (Lipinski definition) is 4. The SMILES string of the molecule is NC1SC=CN1C1CCNC1. The van der Waals surface area contributed by atoms with Gasteiger partial charge in [-0.1, -0.05) is 11.8 Å². The molecule has 0 aliphatic carbocycles. The molecular weight excluding hydrogens is 158 g/mol. The summed E-state index contributed by atoms with van der Waals surface area (Å²) in [7, 11) is 0. The summed E-state index contributed by atoms with van der Waals surface area (Å²) in [4.78, 5) is 2.24. The van der Waals surface area contributed by atoms with Crippen LogP contribution in [0.4, 0.5) is 0 Å². The lowest BCUT2D eigenvalue weighted by Crippen LogP contribution is -2.41. The van der Waals surface area contributed by atoms with Crippen molar-refractivity contribution in [2.75, 3.05) is 13.1 Å². The molecule has 0 saturated carbocycles. The van der Waals surface area contributed by atoms with Crippen LogP contribution < -0.4 is 11.1 Å². The minimum Gasteiger partial charge on any atom is -0.349 e. The average Bonchev–Trinajstić information content (AvgIpc) is 2.55. The van der Waals surface area contributed by atoms with Crippen molar-refractivity contribution in [1.29, 1.82) is 0 Å². The van der Waals surface area contributed by atoms with Gasteiger partial charge in [-0.25, -0.2) is 0 Å². The van der Waals surface area contributed by atoms with Crippen LogP contribution in [0.25, 0.3) is 0 Å². The van der Waals surface area contributed by atoms with Crippen molar-refractivity contribution < 1.29 is 0 Å². The van der Waals surface area contributed by atoms with E-state index in [1.807, 2.05) is 0 Å². The zero-order valence-electron chi connectivity index (χ0n) is 6.36. The predicted octanol–water partition coefficient (Wildman–Crippen LogP) is 0.111. The van der Waals surface area contributed by atoms with Crippen LogP contribution in [-0.4, -0.2) is 29.5 Å². The summed E-state index contributed by atoms with van der Waals surface area (Å²) in [5, 5.41) is 5.40. The van der Waals surface area contributed by atoms with Crippen LogP contribution >= 0.6 is 11.8 Å². The molecule has 4 heteroatoms. The van der Waals surface area contributed by atoms with Gasteiger partial charge in [0.15, 0.2) is 0 Å². The van der Waals surface area contributed by atoms with Gasteiger partial charge in [0, 0.05) is 18.8 Å². The summed E-state index contributed by atoms with van der Waals surface area (Å²) in [6.07, 6.45) is 3.32. The first-order valence-corrected chi connectivity index (χ1v) is 4.88. The number of thioether (sulfide) groups is 1. The zero-order valence-corrected chi connectivity index (χ0v) is 7.18. The Kier molecular flexibility index (Phi) is 2.07. The topological polar surface area (TPSA) is 41.3 Å². The first-order valence-electron chi connectivity index (χ1n) is 3.94. The molecule has 0 aromatic rings. The van der Waals surface area contributed by atoms with Crippen LogP contribution in [0.15, 0.2) is 11.6 Å². The molecule has 2 aliphatic rings. The number of hydrogen-bond donors (Lipinski definition) is 2. The van der Waals surface area contributed by atoms with Crippen LogP contribution in [0.5, 0.6) is 0 Å². The van der Waals surface area contributed by atoms with Crippen LogP contribution in [-0.2, 0) is 0 Å². The lowest BCUT2D eigenvalue weighted by molar-refractivity contribution is 0.284. The maximum atomic E-state index is 5.86. The first kappa shape index (κ1) is 7.46. The maximum Gasteiger partial charge on any atom is 0.129 e. The van der Waals surface area contributed by atoms with Crippen molar-refractivity contribution >= 4 is 11.8 Å². The Hall–Kier alpha value is -0.190. The Balaban J connectivity index is 1.97. The standard InChI is InChI=1S/C7H13N3S/c8-7-10(3-4-11-7)6-1-2-9-5-6/h3-4,6-7,9H,1-2,5,8H2. The number of rotatable bonds is 1. The lowest BCUT2D eigenvalue weighted by atomic mass is 10.2. The smallest absolute Gasteiger partial charge is 0.129 e. The van der Waals surface area contributed by atoms with E-state index in [9.17, 15) is 0 Å². The molecule has 62 valence electrons. The predicted molar refractivity (Wildman–Crippen MR) is 47.8 cm³/mol. The molecule has 2 atom stereocenters. The minimum absolute atomic E-state index is 0.153. The van der Waals surface area contributed by atoms with E-state index in [1.165, 1.54) is 6.42 Å². The summed E-state index contributed by atoms with van der Waals surface area (Å²) >= 11 is 1.69. The maximum absolute atomic E-state index is 5.86. The molecule has 3 nitrogen and oxygen atoms in total. The summed E-state index contributed by atoms with van der Waals surface area (Å²) in [6, 6.07) is 0.622. The van der Waals surface area contributed by atoms with E-state index in [2.05, 4.69) is 21.8 Å². The van der Waals surface area contributed by atoms with Crippen molar-refractivity contribution in [3.05, 3.63) is 11.6 Å². The number of nitrogens with zero attached hydrogens (tertiary/aromatic N) is 1. The lowest BCUT2D eigenvalue weighted by Gasteiger charge is -2.27. The van der Waals surface area contributed by atoms with Crippen molar-refractivity contribution in [2.24, 2.45) is 5.73 Å². The van der Waals surface area contributed by atoms with E-state index >= 15 is 0 Å². The summed E-state index contributed by atoms with van der Waals surface area (Å²) in [5.74, 6) is 0. The number of nitrogens with two attached hydrogens (primary N) is 1.